The van der Waals surface area contributed by atoms with E-state index in [9.17, 15) is 4.39 Å². The molecule has 1 aromatic rings. The molecule has 21 heavy (non-hydrogen) atoms. The Morgan fingerprint density at radius 2 is 1.90 bits per heavy atom. The maximum atomic E-state index is 13.1. The Morgan fingerprint density at radius 1 is 1.24 bits per heavy atom. The Morgan fingerprint density at radius 3 is 2.52 bits per heavy atom. The average Bonchev–Trinajstić information content (AvgIpc) is 2.68. The lowest BCUT2D eigenvalue weighted by Gasteiger charge is -2.07. The van der Waals surface area contributed by atoms with Crippen LogP contribution in [0.25, 0.3) is 0 Å². The van der Waals surface area contributed by atoms with Crippen molar-refractivity contribution in [3.63, 3.8) is 0 Å². The van der Waals surface area contributed by atoms with E-state index in [1.807, 2.05) is 32.9 Å². The molecule has 3 heteroatoms. The van der Waals surface area contributed by atoms with Crippen LogP contribution in [0.15, 0.2) is 54.3 Å². The molecule has 0 saturated heterocycles. The van der Waals surface area contributed by atoms with Crippen molar-refractivity contribution < 1.29 is 9.13 Å². The lowest BCUT2D eigenvalue weighted by molar-refractivity contribution is 0.422. The first-order valence-electron chi connectivity index (χ1n) is 7.23. The van der Waals surface area contributed by atoms with Crippen molar-refractivity contribution in [1.82, 2.24) is 0 Å². The number of fused-ring (bicyclic) bond motifs is 1. The van der Waals surface area contributed by atoms with Gasteiger partial charge >= 0.3 is 0 Å². The van der Waals surface area contributed by atoms with Gasteiger partial charge in [-0.3, -0.25) is 0 Å². The number of allylic oxidation sites excluding steroid dienone is 5. The van der Waals surface area contributed by atoms with Gasteiger partial charge in [0.15, 0.2) is 0 Å². The van der Waals surface area contributed by atoms with Crippen LogP contribution in [0.3, 0.4) is 0 Å². The molecule has 1 aromatic carbocycles. The normalized spacial score (nSPS) is 13.0. The molecule has 1 aliphatic heterocycles. The van der Waals surface area contributed by atoms with E-state index >= 15 is 0 Å². The molecule has 0 saturated carbocycles. The molecule has 1 aliphatic rings. The van der Waals surface area contributed by atoms with Gasteiger partial charge in [0.2, 0.25) is 0 Å². The maximum absolute atomic E-state index is 13.1. The van der Waals surface area contributed by atoms with Crippen molar-refractivity contribution in [2.24, 2.45) is 5.73 Å². The van der Waals surface area contributed by atoms with Gasteiger partial charge in [-0.1, -0.05) is 38.7 Å². The van der Waals surface area contributed by atoms with Crippen LogP contribution in [0.4, 0.5) is 4.39 Å². The zero-order valence-corrected chi connectivity index (χ0v) is 13.4. The second-order valence-corrected chi connectivity index (χ2v) is 4.03. The molecule has 2 N–H and O–H groups in total. The van der Waals surface area contributed by atoms with Crippen LogP contribution in [0.1, 0.15) is 32.8 Å². The van der Waals surface area contributed by atoms with E-state index in [0.29, 0.717) is 0 Å². The predicted molar refractivity (Wildman–Crippen MR) is 88.8 cm³/mol. The van der Waals surface area contributed by atoms with Gasteiger partial charge in [-0.15, -0.1) is 0 Å². The molecule has 0 aromatic heterocycles. The molecular weight excluding hydrogens is 265 g/mol. The standard InChI is InChI=1S/C15H15FO.C2H6.CH5N/c1-3-4-5-12-6-7-13-10-14(16)8-9-15(13)17-11(12)2;2*1-2/h3-5,8-10H,1,6-7H2,2H3;1-2H3;2H2,1H3/b5-4-;;. The van der Waals surface area contributed by atoms with E-state index in [2.05, 4.69) is 12.3 Å². The summed E-state index contributed by atoms with van der Waals surface area (Å²) < 4.78 is 18.9. The van der Waals surface area contributed by atoms with Crippen LogP contribution in [-0.4, -0.2) is 7.05 Å². The van der Waals surface area contributed by atoms with Crippen LogP contribution >= 0.6 is 0 Å². The first-order chi connectivity index (χ1) is 10.2. The zero-order chi connectivity index (χ0) is 16.3. The number of nitrogens with two attached hydrogens (primary N) is 1. The number of hydrogen-bond acceptors (Lipinski definition) is 2. The van der Waals surface area contributed by atoms with Gasteiger partial charge in [-0.25, -0.2) is 4.39 Å². The molecule has 1 heterocycles. The van der Waals surface area contributed by atoms with Gasteiger partial charge in [-0.05, 0) is 56.1 Å². The fraction of sp³-hybridized carbons (Fsp3) is 0.333. The molecule has 0 atom stereocenters. The molecule has 116 valence electrons. The molecule has 0 unspecified atom stereocenters. The largest absolute Gasteiger partial charge is 0.461 e. The quantitative estimate of drug-likeness (QED) is 0.797. The third-order valence-corrected chi connectivity index (χ3v) is 2.83. The second-order valence-electron chi connectivity index (χ2n) is 4.03. The summed E-state index contributed by atoms with van der Waals surface area (Å²) in [6.07, 6.45) is 7.26. The fourth-order valence-electron chi connectivity index (χ4n) is 1.90. The summed E-state index contributed by atoms with van der Waals surface area (Å²) >= 11 is 0. The van der Waals surface area contributed by atoms with Crippen LogP contribution in [0, 0.1) is 5.82 Å². The Labute approximate surface area is 127 Å². The summed E-state index contributed by atoms with van der Waals surface area (Å²) in [5, 5.41) is 0. The molecular formula is C18H26FNO. The minimum absolute atomic E-state index is 0.213. The summed E-state index contributed by atoms with van der Waals surface area (Å²) in [6.45, 7) is 9.58. The Balaban J connectivity index is 0.000000921. The molecule has 0 spiro atoms. The lowest BCUT2D eigenvalue weighted by atomic mass is 10.0. The molecule has 0 radical (unpaired) electrons. The number of ether oxygens (including phenoxy) is 1. The van der Waals surface area contributed by atoms with Crippen molar-refractivity contribution in [2.45, 2.75) is 33.6 Å². The molecule has 2 rings (SSSR count). The SMILES string of the molecule is C=C/C=C\C1=C(C)Oc2ccc(F)cc2CC1.CC.CN. The second kappa shape index (κ2) is 10.9. The highest BCUT2D eigenvalue weighted by molar-refractivity contribution is 5.40. The highest BCUT2D eigenvalue weighted by Crippen LogP contribution is 2.29. The van der Waals surface area contributed by atoms with Crippen molar-refractivity contribution in [1.29, 1.82) is 0 Å². The van der Waals surface area contributed by atoms with Crippen molar-refractivity contribution in [3.8, 4) is 5.75 Å². The minimum Gasteiger partial charge on any atom is -0.461 e. The number of rotatable bonds is 2. The average molecular weight is 291 g/mol. The van der Waals surface area contributed by atoms with Gasteiger partial charge in [0, 0.05) is 0 Å². The fourth-order valence-corrected chi connectivity index (χ4v) is 1.90. The Bertz CT molecular complexity index is 504. The summed E-state index contributed by atoms with van der Waals surface area (Å²) in [7, 11) is 1.50. The number of aryl methyl sites for hydroxylation is 1. The van der Waals surface area contributed by atoms with E-state index in [1.165, 1.54) is 13.1 Å². The summed E-state index contributed by atoms with van der Waals surface area (Å²) in [5.41, 5.74) is 6.55. The predicted octanol–water partition coefficient (Wildman–Crippen LogP) is 4.77. The van der Waals surface area contributed by atoms with Crippen LogP contribution in [0.2, 0.25) is 0 Å². The molecule has 0 bridgehead atoms. The van der Waals surface area contributed by atoms with Gasteiger partial charge < -0.3 is 10.5 Å². The van der Waals surface area contributed by atoms with Crippen molar-refractivity contribution in [3.05, 3.63) is 65.7 Å². The maximum Gasteiger partial charge on any atom is 0.130 e. The third-order valence-electron chi connectivity index (χ3n) is 2.83. The van der Waals surface area contributed by atoms with Gasteiger partial charge in [0.05, 0.1) is 0 Å². The summed E-state index contributed by atoms with van der Waals surface area (Å²) in [4.78, 5) is 0. The number of benzene rings is 1. The first-order valence-corrected chi connectivity index (χ1v) is 7.23. The summed E-state index contributed by atoms with van der Waals surface area (Å²) in [5.74, 6) is 1.41. The molecule has 0 fully saturated rings. The topological polar surface area (TPSA) is 35.2 Å². The summed E-state index contributed by atoms with van der Waals surface area (Å²) in [6, 6.07) is 4.66. The molecule has 0 amide bonds. The van der Waals surface area contributed by atoms with Crippen LogP contribution in [0.5, 0.6) is 5.75 Å². The van der Waals surface area contributed by atoms with Crippen molar-refractivity contribution >= 4 is 0 Å². The monoisotopic (exact) mass is 291 g/mol. The number of hydrogen-bond donors (Lipinski definition) is 1. The zero-order valence-electron chi connectivity index (χ0n) is 13.4. The molecule has 0 aliphatic carbocycles. The highest BCUT2D eigenvalue weighted by atomic mass is 19.1. The Kier molecular flexibility index (Phi) is 9.90. The van der Waals surface area contributed by atoms with E-state index in [-0.39, 0.29) is 5.82 Å². The van der Waals surface area contributed by atoms with E-state index in [1.54, 1.807) is 18.2 Å². The van der Waals surface area contributed by atoms with E-state index < -0.39 is 0 Å². The van der Waals surface area contributed by atoms with Gasteiger partial charge in [0.25, 0.3) is 0 Å². The lowest BCUT2D eigenvalue weighted by Crippen LogP contribution is -1.93. The first kappa shape index (κ1) is 19.1. The molecule has 2 nitrogen and oxygen atoms in total. The third kappa shape index (κ3) is 5.96. The Hall–Kier alpha value is -1.87. The van der Waals surface area contributed by atoms with Crippen LogP contribution < -0.4 is 10.5 Å². The van der Waals surface area contributed by atoms with Crippen LogP contribution in [-0.2, 0) is 6.42 Å². The minimum atomic E-state index is -0.213. The van der Waals surface area contributed by atoms with Gasteiger partial charge in [-0.2, -0.15) is 0 Å². The van der Waals surface area contributed by atoms with Crippen molar-refractivity contribution in [2.75, 3.05) is 7.05 Å². The van der Waals surface area contributed by atoms with E-state index in [0.717, 1.165) is 35.5 Å². The smallest absolute Gasteiger partial charge is 0.130 e. The van der Waals surface area contributed by atoms with Gasteiger partial charge in [0.1, 0.15) is 17.3 Å². The van der Waals surface area contributed by atoms with E-state index in [4.69, 9.17) is 4.74 Å². The number of halogens is 1. The highest BCUT2D eigenvalue weighted by Gasteiger charge is 2.13.